The molecule has 1 saturated heterocycles. The van der Waals surface area contributed by atoms with Crippen LogP contribution in [0.4, 0.5) is 5.82 Å². The quantitative estimate of drug-likeness (QED) is 0.895. The van der Waals surface area contributed by atoms with E-state index in [4.69, 9.17) is 5.11 Å². The second kappa shape index (κ2) is 6.74. The predicted molar refractivity (Wildman–Crippen MR) is 80.6 cm³/mol. The summed E-state index contributed by atoms with van der Waals surface area (Å²) in [6.07, 6.45) is 6.15. The normalized spacial score (nSPS) is 19.0. The molecule has 1 aliphatic rings. The third kappa shape index (κ3) is 3.83. The maximum absolute atomic E-state index is 12.5. The monoisotopic (exact) mass is 293 g/mol. The van der Waals surface area contributed by atoms with E-state index >= 15 is 0 Å². The zero-order valence-electron chi connectivity index (χ0n) is 12.7. The smallest absolute Gasteiger partial charge is 0.305 e. The molecule has 1 aromatic heterocycles. The molecule has 2 rings (SSSR count). The van der Waals surface area contributed by atoms with Gasteiger partial charge >= 0.3 is 5.97 Å². The predicted octanol–water partition coefficient (Wildman–Crippen LogP) is 1.73. The van der Waals surface area contributed by atoms with Crippen LogP contribution in [0.1, 0.15) is 39.5 Å². The van der Waals surface area contributed by atoms with Gasteiger partial charge in [-0.05, 0) is 25.2 Å². The van der Waals surface area contributed by atoms with Crippen molar-refractivity contribution in [1.82, 2.24) is 9.55 Å². The molecule has 0 aliphatic carbocycles. The van der Waals surface area contributed by atoms with Crippen LogP contribution in [0.3, 0.4) is 0 Å². The maximum Gasteiger partial charge on any atom is 0.305 e. The molecular formula is C15H23N3O3. The minimum atomic E-state index is -0.828. The molecule has 1 fully saturated rings. The van der Waals surface area contributed by atoms with Crippen LogP contribution in [0.15, 0.2) is 17.2 Å². The highest BCUT2D eigenvalue weighted by molar-refractivity contribution is 5.68. The van der Waals surface area contributed by atoms with Crippen molar-refractivity contribution in [3.8, 4) is 0 Å². The Balaban J connectivity index is 2.30. The minimum Gasteiger partial charge on any atom is -0.481 e. The summed E-state index contributed by atoms with van der Waals surface area (Å²) < 4.78 is 1.67. The molecule has 2 heterocycles. The fourth-order valence-electron chi connectivity index (χ4n) is 2.86. The number of piperidine rings is 1. The van der Waals surface area contributed by atoms with E-state index in [-0.39, 0.29) is 18.0 Å². The molecule has 1 aliphatic heterocycles. The Hall–Kier alpha value is -1.85. The third-order valence-corrected chi connectivity index (χ3v) is 3.77. The van der Waals surface area contributed by atoms with Gasteiger partial charge in [0.2, 0.25) is 0 Å². The highest BCUT2D eigenvalue weighted by Crippen LogP contribution is 2.23. The molecule has 0 aromatic carbocycles. The number of nitrogens with zero attached hydrogens (tertiary/aromatic N) is 3. The highest BCUT2D eigenvalue weighted by atomic mass is 16.4. The Labute approximate surface area is 124 Å². The molecular weight excluding hydrogens is 270 g/mol. The molecule has 1 unspecified atom stereocenters. The first-order chi connectivity index (χ1) is 9.99. The van der Waals surface area contributed by atoms with Crippen molar-refractivity contribution in [3.05, 3.63) is 22.7 Å². The Morgan fingerprint density at radius 2 is 2.24 bits per heavy atom. The van der Waals surface area contributed by atoms with E-state index in [9.17, 15) is 9.59 Å². The molecule has 0 amide bonds. The van der Waals surface area contributed by atoms with E-state index < -0.39 is 5.97 Å². The summed E-state index contributed by atoms with van der Waals surface area (Å²) in [5, 5.41) is 9.04. The van der Waals surface area contributed by atoms with Crippen LogP contribution in [0.25, 0.3) is 0 Å². The number of aromatic nitrogens is 2. The third-order valence-electron chi connectivity index (χ3n) is 3.77. The molecule has 0 spiro atoms. The van der Waals surface area contributed by atoms with Gasteiger partial charge < -0.3 is 14.6 Å². The Kier molecular flexibility index (Phi) is 4.98. The zero-order chi connectivity index (χ0) is 15.4. The number of carbonyl (C=O) groups is 1. The van der Waals surface area contributed by atoms with Gasteiger partial charge in [-0.25, -0.2) is 4.98 Å². The lowest BCUT2D eigenvalue weighted by Gasteiger charge is -2.35. The van der Waals surface area contributed by atoms with Crippen molar-refractivity contribution in [2.45, 2.75) is 52.1 Å². The van der Waals surface area contributed by atoms with Crippen molar-refractivity contribution in [2.24, 2.45) is 5.92 Å². The van der Waals surface area contributed by atoms with E-state index in [1.807, 2.05) is 4.90 Å². The summed E-state index contributed by atoms with van der Waals surface area (Å²) in [6, 6.07) is -0.133. The number of hydrogen-bond donors (Lipinski definition) is 1. The number of rotatable bonds is 5. The number of carboxylic acid groups (broad SMARTS) is 1. The molecule has 1 aromatic rings. The minimum absolute atomic E-state index is 0.0557. The van der Waals surface area contributed by atoms with Crippen molar-refractivity contribution < 1.29 is 9.90 Å². The fourth-order valence-corrected chi connectivity index (χ4v) is 2.86. The summed E-state index contributed by atoms with van der Waals surface area (Å²) in [5.41, 5.74) is -0.122. The van der Waals surface area contributed by atoms with Crippen LogP contribution >= 0.6 is 0 Å². The van der Waals surface area contributed by atoms with Crippen molar-refractivity contribution in [2.75, 3.05) is 11.4 Å². The van der Waals surface area contributed by atoms with Gasteiger partial charge in [0.25, 0.3) is 5.56 Å². The van der Waals surface area contributed by atoms with Crippen LogP contribution in [-0.2, 0) is 11.3 Å². The van der Waals surface area contributed by atoms with Gasteiger partial charge in [-0.1, -0.05) is 13.8 Å². The van der Waals surface area contributed by atoms with Gasteiger partial charge in [0.15, 0.2) is 5.82 Å². The summed E-state index contributed by atoms with van der Waals surface area (Å²) in [5.74, 6) is -0.0661. The zero-order valence-corrected chi connectivity index (χ0v) is 12.7. The maximum atomic E-state index is 12.5. The Morgan fingerprint density at radius 3 is 2.90 bits per heavy atom. The summed E-state index contributed by atoms with van der Waals surface area (Å²) in [7, 11) is 0. The van der Waals surface area contributed by atoms with Crippen molar-refractivity contribution in [3.63, 3.8) is 0 Å². The van der Waals surface area contributed by atoms with Gasteiger partial charge in [0.05, 0.1) is 6.42 Å². The summed E-state index contributed by atoms with van der Waals surface area (Å²) in [4.78, 5) is 29.7. The van der Waals surface area contributed by atoms with Gasteiger partial charge in [0, 0.05) is 31.5 Å². The molecule has 6 nitrogen and oxygen atoms in total. The van der Waals surface area contributed by atoms with Crippen LogP contribution in [0.5, 0.6) is 0 Å². The molecule has 0 saturated carbocycles. The van der Waals surface area contributed by atoms with Crippen LogP contribution in [-0.4, -0.2) is 33.2 Å². The number of carboxylic acids is 1. The second-order valence-electron chi connectivity index (χ2n) is 6.04. The second-order valence-corrected chi connectivity index (χ2v) is 6.04. The largest absolute Gasteiger partial charge is 0.481 e. The number of hydrogen-bond acceptors (Lipinski definition) is 4. The molecule has 116 valence electrons. The van der Waals surface area contributed by atoms with Crippen molar-refractivity contribution in [1.29, 1.82) is 0 Å². The molecule has 1 atom stereocenters. The van der Waals surface area contributed by atoms with Crippen LogP contribution < -0.4 is 10.5 Å². The molecule has 0 bridgehead atoms. The van der Waals surface area contributed by atoms with E-state index in [1.165, 1.54) is 0 Å². The SMILES string of the molecule is CC(C)Cn1ccnc(N2CCCCC2CC(=O)O)c1=O. The van der Waals surface area contributed by atoms with Gasteiger partial charge in [-0.3, -0.25) is 9.59 Å². The summed E-state index contributed by atoms with van der Waals surface area (Å²) >= 11 is 0. The first-order valence-electron chi connectivity index (χ1n) is 7.53. The first-order valence-corrected chi connectivity index (χ1v) is 7.53. The molecule has 1 N–H and O–H groups in total. The van der Waals surface area contributed by atoms with E-state index in [0.717, 1.165) is 19.3 Å². The van der Waals surface area contributed by atoms with E-state index in [2.05, 4.69) is 18.8 Å². The lowest BCUT2D eigenvalue weighted by Crippen LogP contribution is -2.45. The lowest BCUT2D eigenvalue weighted by atomic mass is 9.99. The molecule has 6 heteroatoms. The number of anilines is 1. The lowest BCUT2D eigenvalue weighted by molar-refractivity contribution is -0.137. The topological polar surface area (TPSA) is 75.4 Å². The van der Waals surface area contributed by atoms with Crippen LogP contribution in [0, 0.1) is 5.92 Å². The van der Waals surface area contributed by atoms with Gasteiger partial charge in [-0.15, -0.1) is 0 Å². The van der Waals surface area contributed by atoms with E-state index in [0.29, 0.717) is 24.8 Å². The molecule has 0 radical (unpaired) electrons. The Bertz CT molecular complexity index is 553. The average molecular weight is 293 g/mol. The summed E-state index contributed by atoms with van der Waals surface area (Å²) in [6.45, 7) is 5.46. The first kappa shape index (κ1) is 15.5. The fraction of sp³-hybridized carbons (Fsp3) is 0.667. The average Bonchev–Trinajstić information content (AvgIpc) is 2.41. The standard InChI is InChI=1S/C15H23N3O3/c1-11(2)10-17-8-6-16-14(15(17)21)18-7-4-3-5-12(18)9-13(19)20/h6,8,11-12H,3-5,7,9-10H2,1-2H3,(H,19,20). The van der Waals surface area contributed by atoms with E-state index in [1.54, 1.807) is 17.0 Å². The van der Waals surface area contributed by atoms with Crippen molar-refractivity contribution >= 4 is 11.8 Å². The van der Waals surface area contributed by atoms with Gasteiger partial charge in [-0.2, -0.15) is 0 Å². The Morgan fingerprint density at radius 1 is 1.48 bits per heavy atom. The van der Waals surface area contributed by atoms with Crippen LogP contribution in [0.2, 0.25) is 0 Å². The molecule has 21 heavy (non-hydrogen) atoms. The number of aliphatic carboxylic acids is 1. The highest BCUT2D eigenvalue weighted by Gasteiger charge is 2.27. The van der Waals surface area contributed by atoms with Gasteiger partial charge in [0.1, 0.15) is 0 Å².